The summed E-state index contributed by atoms with van der Waals surface area (Å²) in [7, 11) is -3.51. The molecule has 0 spiro atoms. The van der Waals surface area contributed by atoms with Gasteiger partial charge in [0.2, 0.25) is 10.0 Å². The summed E-state index contributed by atoms with van der Waals surface area (Å²) in [5, 5.41) is 8.67. The molecule has 0 bridgehead atoms. The molecular formula is C14H20BrNO4S. The van der Waals surface area contributed by atoms with E-state index in [1.807, 2.05) is 6.92 Å². The number of carbonyl (C=O) groups is 1. The summed E-state index contributed by atoms with van der Waals surface area (Å²) in [6, 6.07) is 6.51. The second kappa shape index (κ2) is 8.51. The predicted molar refractivity (Wildman–Crippen MR) is 84.6 cm³/mol. The standard InChI is InChI=1S/C14H20BrNO4S/c1-2-11(6-7-14(17)18)8-9-16-21(19,20)13-5-3-4-12(15)10-13/h3-5,10-11,16H,2,6-9H2,1H3,(H,17,18). The van der Waals surface area contributed by atoms with Gasteiger partial charge in [0.25, 0.3) is 0 Å². The van der Waals surface area contributed by atoms with Crippen LogP contribution in [0.15, 0.2) is 33.6 Å². The molecule has 0 radical (unpaired) electrons. The maximum absolute atomic E-state index is 12.1. The Kier molecular flexibility index (Phi) is 7.34. The first-order chi connectivity index (χ1) is 9.85. The number of sulfonamides is 1. The quantitative estimate of drug-likeness (QED) is 0.692. The average Bonchev–Trinajstić information content (AvgIpc) is 2.42. The first-order valence-electron chi connectivity index (χ1n) is 6.82. The fourth-order valence-electron chi connectivity index (χ4n) is 2.00. The second-order valence-electron chi connectivity index (χ2n) is 4.85. The van der Waals surface area contributed by atoms with Crippen molar-refractivity contribution in [1.82, 2.24) is 4.72 Å². The van der Waals surface area contributed by atoms with Crippen molar-refractivity contribution in [3.63, 3.8) is 0 Å². The zero-order valence-corrected chi connectivity index (χ0v) is 14.3. The van der Waals surface area contributed by atoms with Crippen LogP contribution in [-0.4, -0.2) is 26.0 Å². The Balaban J connectivity index is 2.51. The van der Waals surface area contributed by atoms with E-state index in [2.05, 4.69) is 20.7 Å². The topological polar surface area (TPSA) is 83.5 Å². The molecule has 0 aromatic heterocycles. The van der Waals surface area contributed by atoms with Gasteiger partial charge >= 0.3 is 5.97 Å². The largest absolute Gasteiger partial charge is 0.481 e. The third-order valence-electron chi connectivity index (χ3n) is 3.29. The van der Waals surface area contributed by atoms with Crippen molar-refractivity contribution in [2.45, 2.75) is 37.5 Å². The van der Waals surface area contributed by atoms with Crippen LogP contribution < -0.4 is 4.72 Å². The molecule has 118 valence electrons. The first kappa shape index (κ1) is 18.1. The minimum Gasteiger partial charge on any atom is -0.481 e. The third kappa shape index (κ3) is 6.58. The summed E-state index contributed by atoms with van der Waals surface area (Å²) in [5.74, 6) is -0.602. The Morgan fingerprint density at radius 3 is 2.67 bits per heavy atom. The number of nitrogens with one attached hydrogen (secondary N) is 1. The highest BCUT2D eigenvalue weighted by atomic mass is 79.9. The van der Waals surface area contributed by atoms with Crippen LogP contribution in [0, 0.1) is 5.92 Å². The Morgan fingerprint density at radius 2 is 2.10 bits per heavy atom. The van der Waals surface area contributed by atoms with Crippen molar-refractivity contribution >= 4 is 31.9 Å². The molecule has 0 aliphatic heterocycles. The highest BCUT2D eigenvalue weighted by Crippen LogP contribution is 2.17. The lowest BCUT2D eigenvalue weighted by Crippen LogP contribution is -2.26. The lowest BCUT2D eigenvalue weighted by atomic mass is 9.97. The molecule has 1 aromatic rings. The molecule has 5 nitrogen and oxygen atoms in total. The van der Waals surface area contributed by atoms with Crippen molar-refractivity contribution < 1.29 is 18.3 Å². The SMILES string of the molecule is CCC(CCNS(=O)(=O)c1cccc(Br)c1)CCC(=O)O. The van der Waals surface area contributed by atoms with Gasteiger partial charge in [0.05, 0.1) is 4.90 Å². The van der Waals surface area contributed by atoms with Crippen LogP contribution in [0.1, 0.15) is 32.6 Å². The Labute approximate surface area is 133 Å². The number of aliphatic carboxylic acids is 1. The molecule has 0 saturated carbocycles. The van der Waals surface area contributed by atoms with Crippen LogP contribution in [0.4, 0.5) is 0 Å². The van der Waals surface area contributed by atoms with Crippen molar-refractivity contribution in [3.05, 3.63) is 28.7 Å². The van der Waals surface area contributed by atoms with E-state index in [4.69, 9.17) is 5.11 Å². The molecule has 2 N–H and O–H groups in total. The summed E-state index contributed by atoms with van der Waals surface area (Å²) in [4.78, 5) is 10.8. The third-order valence-corrected chi connectivity index (χ3v) is 5.25. The highest BCUT2D eigenvalue weighted by molar-refractivity contribution is 9.10. The highest BCUT2D eigenvalue weighted by Gasteiger charge is 2.15. The van der Waals surface area contributed by atoms with Gasteiger partial charge in [-0.1, -0.05) is 35.3 Å². The molecule has 1 rings (SSSR count). The molecule has 0 aliphatic carbocycles. The van der Waals surface area contributed by atoms with E-state index in [9.17, 15) is 13.2 Å². The Morgan fingerprint density at radius 1 is 1.38 bits per heavy atom. The van der Waals surface area contributed by atoms with Gasteiger partial charge in [-0.05, 0) is 37.0 Å². The van der Waals surface area contributed by atoms with Crippen molar-refractivity contribution in [1.29, 1.82) is 0 Å². The monoisotopic (exact) mass is 377 g/mol. The van der Waals surface area contributed by atoms with Gasteiger partial charge in [0, 0.05) is 17.4 Å². The van der Waals surface area contributed by atoms with Gasteiger partial charge in [0.1, 0.15) is 0 Å². The maximum atomic E-state index is 12.1. The predicted octanol–water partition coefficient (Wildman–Crippen LogP) is 3.01. The van der Waals surface area contributed by atoms with E-state index in [0.29, 0.717) is 23.9 Å². The maximum Gasteiger partial charge on any atom is 0.303 e. The molecule has 1 atom stereocenters. The van der Waals surface area contributed by atoms with Gasteiger partial charge in [-0.2, -0.15) is 0 Å². The van der Waals surface area contributed by atoms with E-state index in [0.717, 1.165) is 6.42 Å². The molecule has 7 heteroatoms. The van der Waals surface area contributed by atoms with Crippen LogP contribution in [0.2, 0.25) is 0 Å². The molecule has 0 amide bonds. The summed E-state index contributed by atoms with van der Waals surface area (Å²) < 4.78 is 27.5. The van der Waals surface area contributed by atoms with Gasteiger partial charge in [-0.3, -0.25) is 4.79 Å². The zero-order valence-electron chi connectivity index (χ0n) is 11.9. The summed E-state index contributed by atoms with van der Waals surface area (Å²) in [5.41, 5.74) is 0. The van der Waals surface area contributed by atoms with Crippen LogP contribution in [-0.2, 0) is 14.8 Å². The number of carboxylic acids is 1. The molecule has 0 heterocycles. The normalized spacial score (nSPS) is 13.0. The number of hydrogen-bond acceptors (Lipinski definition) is 3. The van der Waals surface area contributed by atoms with Crippen LogP contribution >= 0.6 is 15.9 Å². The lowest BCUT2D eigenvalue weighted by molar-refractivity contribution is -0.137. The van der Waals surface area contributed by atoms with Crippen molar-refractivity contribution in [2.24, 2.45) is 5.92 Å². The van der Waals surface area contributed by atoms with Crippen LogP contribution in [0.3, 0.4) is 0 Å². The Hall–Kier alpha value is -0.920. The fraction of sp³-hybridized carbons (Fsp3) is 0.500. The summed E-state index contributed by atoms with van der Waals surface area (Å²) >= 11 is 3.24. The molecule has 21 heavy (non-hydrogen) atoms. The minimum absolute atomic E-state index is 0.122. The minimum atomic E-state index is -3.51. The van der Waals surface area contributed by atoms with E-state index in [1.54, 1.807) is 18.2 Å². The van der Waals surface area contributed by atoms with Gasteiger partial charge < -0.3 is 5.11 Å². The van der Waals surface area contributed by atoms with E-state index >= 15 is 0 Å². The van der Waals surface area contributed by atoms with E-state index < -0.39 is 16.0 Å². The van der Waals surface area contributed by atoms with Gasteiger partial charge in [0.15, 0.2) is 0 Å². The molecule has 1 unspecified atom stereocenters. The average molecular weight is 378 g/mol. The fourth-order valence-corrected chi connectivity index (χ4v) is 3.64. The summed E-state index contributed by atoms with van der Waals surface area (Å²) in [6.45, 7) is 2.29. The molecule has 1 aromatic carbocycles. The number of carboxylic acid groups (broad SMARTS) is 1. The molecule has 0 aliphatic rings. The van der Waals surface area contributed by atoms with Crippen LogP contribution in [0.5, 0.6) is 0 Å². The number of benzene rings is 1. The van der Waals surface area contributed by atoms with Gasteiger partial charge in [-0.25, -0.2) is 13.1 Å². The van der Waals surface area contributed by atoms with Crippen molar-refractivity contribution in [2.75, 3.05) is 6.54 Å². The number of rotatable bonds is 9. The molecule has 0 saturated heterocycles. The van der Waals surface area contributed by atoms with E-state index in [1.165, 1.54) is 6.07 Å². The second-order valence-corrected chi connectivity index (χ2v) is 7.53. The molecular weight excluding hydrogens is 358 g/mol. The van der Waals surface area contributed by atoms with Gasteiger partial charge in [-0.15, -0.1) is 0 Å². The number of hydrogen-bond donors (Lipinski definition) is 2. The Bertz CT molecular complexity index is 574. The van der Waals surface area contributed by atoms with Crippen molar-refractivity contribution in [3.8, 4) is 0 Å². The first-order valence-corrected chi connectivity index (χ1v) is 9.09. The zero-order chi connectivity index (χ0) is 15.9. The summed E-state index contributed by atoms with van der Waals surface area (Å²) in [6.07, 6.45) is 2.17. The smallest absolute Gasteiger partial charge is 0.303 e. The number of halogens is 1. The lowest BCUT2D eigenvalue weighted by Gasteiger charge is -2.14. The van der Waals surface area contributed by atoms with E-state index in [-0.39, 0.29) is 17.2 Å². The van der Waals surface area contributed by atoms with Crippen LogP contribution in [0.25, 0.3) is 0 Å². The molecule has 0 fully saturated rings.